The topological polar surface area (TPSA) is 12.0 Å². The molecule has 0 saturated carbocycles. The molecule has 56 valence electrons. The molecule has 1 N–H and O–H groups in total. The molecule has 1 aliphatic rings. The van der Waals surface area contributed by atoms with Gasteiger partial charge in [-0.05, 0) is 12.1 Å². The predicted octanol–water partition coefficient (Wildman–Crippen LogP) is -0.494. The van der Waals surface area contributed by atoms with E-state index in [1.807, 2.05) is 0 Å². The quantitative estimate of drug-likeness (QED) is 0.520. The van der Waals surface area contributed by atoms with E-state index >= 15 is 0 Å². The van der Waals surface area contributed by atoms with Crippen LogP contribution in [0.15, 0.2) is 0 Å². The number of hydrogen-bond donors (Lipinski definition) is 1. The summed E-state index contributed by atoms with van der Waals surface area (Å²) in [7, 11) is 0.901. The van der Waals surface area contributed by atoms with Crippen molar-refractivity contribution < 1.29 is 0 Å². The van der Waals surface area contributed by atoms with Gasteiger partial charge >= 0.3 is 18.9 Å². The Labute approximate surface area is 80.7 Å². The number of hydrogen-bond acceptors (Lipinski definition) is 1. The molecular formula is C6H18LiNSi2. The minimum Gasteiger partial charge on any atom is -0.369 e. The smallest absolute Gasteiger partial charge is 0.101 e. The monoisotopic (exact) mass is 167 g/mol. The molecule has 0 aromatic carbocycles. The Morgan fingerprint density at radius 3 is 1.90 bits per heavy atom. The summed E-state index contributed by atoms with van der Waals surface area (Å²) in [5.74, 6) is 0. The van der Waals surface area contributed by atoms with E-state index in [1.165, 1.54) is 36.1 Å². The molecule has 0 spiro atoms. The van der Waals surface area contributed by atoms with Crippen molar-refractivity contribution in [2.45, 2.75) is 37.8 Å². The summed E-state index contributed by atoms with van der Waals surface area (Å²) in [6.07, 6.45) is 6.05. The molecule has 0 amide bonds. The molecule has 0 radical (unpaired) electrons. The number of rotatable bonds is 1. The maximum Gasteiger partial charge on any atom is 0.101 e. The first-order valence-corrected chi connectivity index (χ1v) is 7.32. The molecule has 1 rings (SSSR count). The first kappa shape index (κ1) is 11.0. The second kappa shape index (κ2) is 6.69. The molecule has 1 nitrogen and oxygen atoms in total. The van der Waals surface area contributed by atoms with E-state index in [0.717, 1.165) is 0 Å². The first-order chi connectivity index (χ1) is 4.43. The van der Waals surface area contributed by atoms with Gasteiger partial charge < -0.3 is 4.65 Å². The third-order valence-corrected chi connectivity index (χ3v) is 7.74. The Hall–Kier alpha value is 0.991. The molecule has 0 bridgehead atoms. The van der Waals surface area contributed by atoms with Gasteiger partial charge in [0.25, 0.3) is 0 Å². The Bertz CT molecular complexity index is 74.1. The van der Waals surface area contributed by atoms with Crippen LogP contribution in [0.25, 0.3) is 0 Å². The first-order valence-electron chi connectivity index (χ1n) is 4.11. The molecular weight excluding hydrogens is 149 g/mol. The van der Waals surface area contributed by atoms with Gasteiger partial charge in [-0.15, -0.1) is 0 Å². The minimum atomic E-state index is -0.339. The zero-order chi connectivity index (χ0) is 6.53. The second-order valence-corrected chi connectivity index (χ2v) is 7.84. The zero-order valence-corrected chi connectivity index (χ0v) is 9.47. The van der Waals surface area contributed by atoms with Gasteiger partial charge in [0.2, 0.25) is 0 Å². The summed E-state index contributed by atoms with van der Waals surface area (Å²) in [5.41, 5.74) is 0. The van der Waals surface area contributed by atoms with E-state index < -0.39 is 0 Å². The van der Waals surface area contributed by atoms with Crippen LogP contribution in [-0.2, 0) is 0 Å². The average Bonchev–Trinajstić information content (AvgIpc) is 2.13. The fraction of sp³-hybridized carbons (Fsp3) is 1.00. The summed E-state index contributed by atoms with van der Waals surface area (Å²) in [6.45, 7) is 0. The summed E-state index contributed by atoms with van der Waals surface area (Å²) < 4.78 is 3.62. The Kier molecular flexibility index (Phi) is 7.35. The molecule has 0 unspecified atom stereocenters. The van der Waals surface area contributed by atoms with Crippen molar-refractivity contribution in [2.75, 3.05) is 0 Å². The van der Waals surface area contributed by atoms with Crippen molar-refractivity contribution in [2.24, 2.45) is 0 Å². The maximum absolute atomic E-state index is 3.62. The van der Waals surface area contributed by atoms with Crippen LogP contribution in [0.3, 0.4) is 0 Å². The molecule has 0 aromatic heterocycles. The van der Waals surface area contributed by atoms with Crippen LogP contribution >= 0.6 is 0 Å². The van der Waals surface area contributed by atoms with Crippen molar-refractivity contribution in [1.82, 2.24) is 4.65 Å². The second-order valence-electron chi connectivity index (χ2n) is 2.98. The molecule has 1 fully saturated rings. The van der Waals surface area contributed by atoms with Crippen molar-refractivity contribution in [1.29, 1.82) is 0 Å². The van der Waals surface area contributed by atoms with E-state index in [2.05, 4.69) is 4.65 Å². The van der Waals surface area contributed by atoms with Crippen LogP contribution in [-0.4, -0.2) is 38.2 Å². The minimum absolute atomic E-state index is 0. The molecule has 1 saturated heterocycles. The normalized spacial score (nSPS) is 21.6. The van der Waals surface area contributed by atoms with Gasteiger partial charge in [0, 0.05) is 0 Å². The maximum atomic E-state index is 3.62. The molecule has 0 aliphatic carbocycles. The molecule has 1 aliphatic heterocycles. The van der Waals surface area contributed by atoms with Gasteiger partial charge in [0.05, 0.1) is 10.4 Å². The molecule has 10 heavy (non-hydrogen) atoms. The van der Waals surface area contributed by atoms with Crippen LogP contribution in [0.4, 0.5) is 0 Å². The van der Waals surface area contributed by atoms with Crippen LogP contribution in [0.5, 0.6) is 0 Å². The van der Waals surface area contributed by atoms with E-state index in [1.54, 1.807) is 12.1 Å². The van der Waals surface area contributed by atoms with Crippen LogP contribution < -0.4 is 4.65 Å². The molecule has 0 aromatic rings. The third kappa shape index (κ3) is 3.99. The van der Waals surface area contributed by atoms with Gasteiger partial charge in [-0.25, -0.2) is 0 Å². The molecule has 0 atom stereocenters. The van der Waals surface area contributed by atoms with Crippen LogP contribution in [0.2, 0.25) is 12.1 Å². The van der Waals surface area contributed by atoms with Crippen molar-refractivity contribution >= 4 is 38.2 Å². The fourth-order valence-electron chi connectivity index (χ4n) is 1.57. The van der Waals surface area contributed by atoms with Gasteiger partial charge in [0.15, 0.2) is 0 Å². The fourth-order valence-corrected chi connectivity index (χ4v) is 5.73. The van der Waals surface area contributed by atoms with Crippen molar-refractivity contribution in [3.63, 3.8) is 0 Å². The van der Waals surface area contributed by atoms with E-state index in [-0.39, 0.29) is 27.8 Å². The summed E-state index contributed by atoms with van der Waals surface area (Å²) in [5, 5.41) is 0. The van der Waals surface area contributed by atoms with E-state index in [9.17, 15) is 0 Å². The van der Waals surface area contributed by atoms with Gasteiger partial charge in [-0.3, -0.25) is 0 Å². The standard InChI is InChI=1S/C6H17NSi2.Li.H/c8-7-9-5-3-1-2-4-6-9;;/h7,9H,1-6H2,8H3;;. The van der Waals surface area contributed by atoms with Crippen LogP contribution in [0, 0.1) is 0 Å². The summed E-state index contributed by atoms with van der Waals surface area (Å²) >= 11 is 0. The van der Waals surface area contributed by atoms with Crippen LogP contribution in [0.1, 0.15) is 25.7 Å². The third-order valence-electron chi connectivity index (χ3n) is 2.26. The van der Waals surface area contributed by atoms with Gasteiger partial charge in [-0.1, -0.05) is 25.7 Å². The Morgan fingerprint density at radius 2 is 1.50 bits per heavy atom. The Morgan fingerprint density at radius 1 is 1.00 bits per heavy atom. The van der Waals surface area contributed by atoms with Gasteiger partial charge in [0.1, 0.15) is 8.96 Å². The summed E-state index contributed by atoms with van der Waals surface area (Å²) in [4.78, 5) is 0. The predicted molar refractivity (Wildman–Crippen MR) is 55.5 cm³/mol. The largest absolute Gasteiger partial charge is 0.369 e. The number of nitrogens with one attached hydrogen (secondary N) is 1. The SMILES string of the molecule is [LiH].[SiH3]N[SiH]1CCCCCC1. The Balaban J connectivity index is 0.000000810. The van der Waals surface area contributed by atoms with Crippen molar-refractivity contribution in [3.05, 3.63) is 0 Å². The van der Waals surface area contributed by atoms with Gasteiger partial charge in [-0.2, -0.15) is 0 Å². The molecule has 4 heteroatoms. The van der Waals surface area contributed by atoms with Crippen molar-refractivity contribution in [3.8, 4) is 0 Å². The zero-order valence-electron chi connectivity index (χ0n) is 6.32. The average molecular weight is 167 g/mol. The molecule has 1 heterocycles. The van der Waals surface area contributed by atoms with E-state index in [0.29, 0.717) is 0 Å². The summed E-state index contributed by atoms with van der Waals surface area (Å²) in [6, 6.07) is 3.15. The van der Waals surface area contributed by atoms with E-state index in [4.69, 9.17) is 0 Å².